The van der Waals surface area contributed by atoms with Crippen LogP contribution in [0.15, 0.2) is 22.7 Å². The SMILES string of the molecule is CC1CCC(N(C)c2ccc(CNC3CC3)cc2Br)CC1. The maximum atomic E-state index is 3.78. The molecule has 0 unspecified atom stereocenters. The predicted molar refractivity (Wildman–Crippen MR) is 93.8 cm³/mol. The van der Waals surface area contributed by atoms with E-state index in [4.69, 9.17) is 0 Å². The lowest BCUT2D eigenvalue weighted by Crippen LogP contribution is -2.35. The number of anilines is 1. The molecule has 2 nitrogen and oxygen atoms in total. The lowest BCUT2D eigenvalue weighted by Gasteiger charge is -2.35. The van der Waals surface area contributed by atoms with E-state index in [-0.39, 0.29) is 0 Å². The minimum atomic E-state index is 0.702. The third kappa shape index (κ3) is 4.01. The van der Waals surface area contributed by atoms with Crippen LogP contribution in [0.5, 0.6) is 0 Å². The topological polar surface area (TPSA) is 15.3 Å². The van der Waals surface area contributed by atoms with E-state index in [1.165, 1.54) is 54.2 Å². The zero-order valence-electron chi connectivity index (χ0n) is 13.2. The van der Waals surface area contributed by atoms with Crippen LogP contribution in [-0.2, 0) is 6.54 Å². The summed E-state index contributed by atoms with van der Waals surface area (Å²) in [4.78, 5) is 2.48. The molecule has 0 radical (unpaired) electrons. The molecule has 3 heteroatoms. The number of nitrogens with one attached hydrogen (secondary N) is 1. The van der Waals surface area contributed by atoms with Gasteiger partial charge in [-0.05, 0) is 78.1 Å². The Labute approximate surface area is 137 Å². The third-order valence-corrected chi connectivity index (χ3v) is 5.73. The van der Waals surface area contributed by atoms with Crippen LogP contribution in [0.4, 0.5) is 5.69 Å². The number of nitrogens with zero attached hydrogens (tertiary/aromatic N) is 1. The molecule has 116 valence electrons. The van der Waals surface area contributed by atoms with Crippen LogP contribution in [0.25, 0.3) is 0 Å². The standard InChI is InChI=1S/C18H27BrN2/c1-13-3-8-16(9-4-13)21(2)18-10-5-14(11-17(18)19)12-20-15-6-7-15/h5,10-11,13,15-16,20H,3-4,6-9,12H2,1-2H3. The Morgan fingerprint density at radius 2 is 1.86 bits per heavy atom. The molecule has 0 amide bonds. The van der Waals surface area contributed by atoms with Gasteiger partial charge in [0.25, 0.3) is 0 Å². The molecule has 1 aromatic rings. The van der Waals surface area contributed by atoms with Gasteiger partial charge >= 0.3 is 0 Å². The average Bonchev–Trinajstić information content (AvgIpc) is 3.29. The highest BCUT2D eigenvalue weighted by atomic mass is 79.9. The molecule has 2 aliphatic carbocycles. The van der Waals surface area contributed by atoms with Gasteiger partial charge in [0.05, 0.1) is 5.69 Å². The van der Waals surface area contributed by atoms with Crippen molar-refractivity contribution in [3.63, 3.8) is 0 Å². The van der Waals surface area contributed by atoms with Crippen LogP contribution in [0.1, 0.15) is 51.0 Å². The summed E-state index contributed by atoms with van der Waals surface area (Å²) < 4.78 is 1.23. The van der Waals surface area contributed by atoms with Gasteiger partial charge in [-0.15, -0.1) is 0 Å². The minimum Gasteiger partial charge on any atom is -0.371 e. The van der Waals surface area contributed by atoms with Gasteiger partial charge < -0.3 is 10.2 Å². The van der Waals surface area contributed by atoms with E-state index < -0.39 is 0 Å². The molecule has 2 saturated carbocycles. The summed E-state index contributed by atoms with van der Waals surface area (Å²) >= 11 is 3.78. The highest BCUT2D eigenvalue weighted by Gasteiger charge is 2.23. The molecule has 2 aliphatic rings. The van der Waals surface area contributed by atoms with Crippen molar-refractivity contribution in [1.82, 2.24) is 5.32 Å². The maximum absolute atomic E-state index is 3.78. The molecule has 0 saturated heterocycles. The minimum absolute atomic E-state index is 0.702. The lowest BCUT2D eigenvalue weighted by molar-refractivity contribution is 0.340. The number of benzene rings is 1. The number of hydrogen-bond acceptors (Lipinski definition) is 2. The normalized spacial score (nSPS) is 25.9. The second kappa shape index (κ2) is 6.70. The van der Waals surface area contributed by atoms with Crippen LogP contribution < -0.4 is 10.2 Å². The molecule has 0 aliphatic heterocycles. The smallest absolute Gasteiger partial charge is 0.0510 e. The van der Waals surface area contributed by atoms with Crippen molar-refractivity contribution in [2.75, 3.05) is 11.9 Å². The molecule has 2 fully saturated rings. The van der Waals surface area contributed by atoms with Gasteiger partial charge in [0, 0.05) is 30.1 Å². The lowest BCUT2D eigenvalue weighted by atomic mass is 9.86. The number of hydrogen-bond donors (Lipinski definition) is 1. The Hall–Kier alpha value is -0.540. The molecule has 1 aromatic carbocycles. The van der Waals surface area contributed by atoms with E-state index in [9.17, 15) is 0 Å². The largest absolute Gasteiger partial charge is 0.371 e. The first-order chi connectivity index (χ1) is 10.1. The third-order valence-electron chi connectivity index (χ3n) is 5.10. The van der Waals surface area contributed by atoms with E-state index in [0.717, 1.165) is 18.5 Å². The first kappa shape index (κ1) is 15.4. The molecule has 0 spiro atoms. The predicted octanol–water partition coefficient (Wildman–Crippen LogP) is 4.72. The summed E-state index contributed by atoms with van der Waals surface area (Å²) in [6.45, 7) is 3.38. The van der Waals surface area contributed by atoms with Crippen LogP contribution in [-0.4, -0.2) is 19.1 Å². The van der Waals surface area contributed by atoms with E-state index in [1.54, 1.807) is 0 Å². The van der Waals surface area contributed by atoms with Gasteiger partial charge in [0.15, 0.2) is 0 Å². The van der Waals surface area contributed by atoms with Crippen molar-refractivity contribution in [1.29, 1.82) is 0 Å². The number of rotatable bonds is 5. The van der Waals surface area contributed by atoms with Crippen molar-refractivity contribution in [2.45, 2.75) is 64.1 Å². The molecule has 0 atom stereocenters. The molecule has 0 bridgehead atoms. The van der Waals surface area contributed by atoms with E-state index in [2.05, 4.69) is 58.3 Å². The van der Waals surface area contributed by atoms with Crippen molar-refractivity contribution in [3.05, 3.63) is 28.2 Å². The monoisotopic (exact) mass is 350 g/mol. The van der Waals surface area contributed by atoms with E-state index in [1.807, 2.05) is 0 Å². The van der Waals surface area contributed by atoms with Crippen molar-refractivity contribution < 1.29 is 0 Å². The van der Waals surface area contributed by atoms with Gasteiger partial charge in [-0.1, -0.05) is 13.0 Å². The highest BCUT2D eigenvalue weighted by Crippen LogP contribution is 2.33. The first-order valence-electron chi connectivity index (χ1n) is 8.38. The Bertz CT molecular complexity index is 476. The second-order valence-corrected chi connectivity index (χ2v) is 7.82. The molecular weight excluding hydrogens is 324 g/mol. The van der Waals surface area contributed by atoms with E-state index in [0.29, 0.717) is 6.04 Å². The van der Waals surface area contributed by atoms with Crippen LogP contribution >= 0.6 is 15.9 Å². The molecule has 0 heterocycles. The van der Waals surface area contributed by atoms with Crippen molar-refractivity contribution in [3.8, 4) is 0 Å². The van der Waals surface area contributed by atoms with Gasteiger partial charge in [-0.25, -0.2) is 0 Å². The molecule has 0 aromatic heterocycles. The highest BCUT2D eigenvalue weighted by molar-refractivity contribution is 9.10. The van der Waals surface area contributed by atoms with Gasteiger partial charge in [0.2, 0.25) is 0 Å². The summed E-state index contributed by atoms with van der Waals surface area (Å²) in [6.07, 6.45) is 8.10. The number of halogens is 1. The Balaban J connectivity index is 1.63. The molecule has 21 heavy (non-hydrogen) atoms. The summed E-state index contributed by atoms with van der Waals surface area (Å²) in [6, 6.07) is 8.32. The first-order valence-corrected chi connectivity index (χ1v) is 9.17. The Morgan fingerprint density at radius 3 is 2.48 bits per heavy atom. The fourth-order valence-electron chi connectivity index (χ4n) is 3.32. The zero-order valence-corrected chi connectivity index (χ0v) is 14.8. The summed E-state index contributed by atoms with van der Waals surface area (Å²) in [7, 11) is 2.25. The summed E-state index contributed by atoms with van der Waals surface area (Å²) in [5.41, 5.74) is 2.72. The zero-order chi connectivity index (χ0) is 14.8. The van der Waals surface area contributed by atoms with Crippen LogP contribution in [0.2, 0.25) is 0 Å². The maximum Gasteiger partial charge on any atom is 0.0510 e. The molecule has 1 N–H and O–H groups in total. The molecule has 3 rings (SSSR count). The van der Waals surface area contributed by atoms with Gasteiger partial charge in [-0.2, -0.15) is 0 Å². The van der Waals surface area contributed by atoms with E-state index >= 15 is 0 Å². The summed E-state index contributed by atoms with van der Waals surface area (Å²) in [5, 5.41) is 3.58. The fourth-order valence-corrected chi connectivity index (χ4v) is 4.03. The quantitative estimate of drug-likeness (QED) is 0.826. The Kier molecular flexibility index (Phi) is 4.90. The summed E-state index contributed by atoms with van der Waals surface area (Å²) in [5.74, 6) is 0.911. The van der Waals surface area contributed by atoms with Crippen molar-refractivity contribution in [2.24, 2.45) is 5.92 Å². The van der Waals surface area contributed by atoms with Gasteiger partial charge in [-0.3, -0.25) is 0 Å². The average molecular weight is 351 g/mol. The van der Waals surface area contributed by atoms with Crippen LogP contribution in [0.3, 0.4) is 0 Å². The fraction of sp³-hybridized carbons (Fsp3) is 0.667. The Morgan fingerprint density at radius 1 is 1.14 bits per heavy atom. The molecular formula is C18H27BrN2. The van der Waals surface area contributed by atoms with Gasteiger partial charge in [0.1, 0.15) is 0 Å². The van der Waals surface area contributed by atoms with Crippen molar-refractivity contribution >= 4 is 21.6 Å². The van der Waals surface area contributed by atoms with Crippen LogP contribution in [0, 0.1) is 5.92 Å². The second-order valence-electron chi connectivity index (χ2n) is 6.97.